The van der Waals surface area contributed by atoms with Crippen molar-refractivity contribution in [3.63, 3.8) is 0 Å². The molecule has 0 unspecified atom stereocenters. The first-order valence-corrected chi connectivity index (χ1v) is 6.23. The topological polar surface area (TPSA) is 58.9 Å². The minimum absolute atomic E-state index is 0.0584. The number of aliphatic carboxylic acids is 1. The molecule has 0 saturated carbocycles. The molecule has 0 heterocycles. The second kappa shape index (κ2) is 8.08. The van der Waals surface area contributed by atoms with Gasteiger partial charge in [0.1, 0.15) is 6.61 Å². The predicted octanol–water partition coefficient (Wildman–Crippen LogP) is 3.20. The molecule has 0 saturated heterocycles. The summed E-state index contributed by atoms with van der Waals surface area (Å²) in [6.07, 6.45) is 4.10. The summed E-state index contributed by atoms with van der Waals surface area (Å²) in [5.74, 6) is -0.793. The molecule has 0 radical (unpaired) electrons. The van der Waals surface area contributed by atoms with Gasteiger partial charge in [0.2, 0.25) is 0 Å². The molecule has 0 aliphatic rings. The molecule has 0 amide bonds. The normalized spacial score (nSPS) is 12.1. The lowest BCUT2D eigenvalue weighted by Gasteiger charge is -2.03. The van der Waals surface area contributed by atoms with Gasteiger partial charge in [-0.1, -0.05) is 55.4 Å². The summed E-state index contributed by atoms with van der Waals surface area (Å²) in [5, 5.41) is 12.6. The van der Waals surface area contributed by atoms with E-state index in [1.807, 2.05) is 50.3 Å². The van der Waals surface area contributed by atoms with Crippen LogP contribution in [0.5, 0.6) is 0 Å². The van der Waals surface area contributed by atoms with Crippen LogP contribution in [0.1, 0.15) is 25.8 Å². The van der Waals surface area contributed by atoms with Gasteiger partial charge in [-0.25, -0.2) is 4.79 Å². The van der Waals surface area contributed by atoms with E-state index in [1.165, 1.54) is 0 Å². The largest absolute Gasteiger partial charge is 0.477 e. The number of carboxylic acids is 1. The van der Waals surface area contributed by atoms with Gasteiger partial charge in [0.25, 0.3) is 0 Å². The van der Waals surface area contributed by atoms with Gasteiger partial charge >= 0.3 is 5.97 Å². The summed E-state index contributed by atoms with van der Waals surface area (Å²) in [7, 11) is 0. The Kier molecular flexibility index (Phi) is 6.36. The minimum Gasteiger partial charge on any atom is -0.477 e. The van der Waals surface area contributed by atoms with Crippen molar-refractivity contribution < 1.29 is 14.7 Å². The first-order valence-electron chi connectivity index (χ1n) is 6.23. The van der Waals surface area contributed by atoms with Crippen LogP contribution in [0, 0.1) is 5.92 Å². The summed E-state index contributed by atoms with van der Waals surface area (Å²) in [6, 6.07) is 9.79. The monoisotopic (exact) mass is 261 g/mol. The van der Waals surface area contributed by atoms with E-state index in [1.54, 1.807) is 6.08 Å². The van der Waals surface area contributed by atoms with Crippen molar-refractivity contribution in [1.29, 1.82) is 0 Å². The van der Waals surface area contributed by atoms with Crippen molar-refractivity contribution in [2.24, 2.45) is 11.1 Å². The average Bonchev–Trinajstić information content (AvgIpc) is 2.37. The van der Waals surface area contributed by atoms with Crippen molar-refractivity contribution in [3.8, 4) is 0 Å². The maximum absolute atomic E-state index is 10.9. The number of benzene rings is 1. The number of carboxylic acid groups (broad SMARTS) is 1. The Labute approximate surface area is 113 Å². The Hall–Kier alpha value is -2.10. The van der Waals surface area contributed by atoms with Gasteiger partial charge in [-0.2, -0.15) is 0 Å². The lowest BCUT2D eigenvalue weighted by atomic mass is 10.1. The lowest BCUT2D eigenvalue weighted by Crippen LogP contribution is -2.16. The molecule has 102 valence electrons. The summed E-state index contributed by atoms with van der Waals surface area (Å²) in [4.78, 5) is 15.9. The van der Waals surface area contributed by atoms with Gasteiger partial charge < -0.3 is 9.94 Å². The Bertz CT molecular complexity index is 450. The van der Waals surface area contributed by atoms with Gasteiger partial charge in [0.05, 0.1) is 0 Å². The number of hydrogen-bond acceptors (Lipinski definition) is 3. The highest BCUT2D eigenvalue weighted by molar-refractivity contribution is 6.35. The van der Waals surface area contributed by atoms with E-state index in [4.69, 9.17) is 9.94 Å². The van der Waals surface area contributed by atoms with Crippen LogP contribution in [0.3, 0.4) is 0 Å². The van der Waals surface area contributed by atoms with E-state index in [-0.39, 0.29) is 18.2 Å². The summed E-state index contributed by atoms with van der Waals surface area (Å²) in [6.45, 7) is 4.13. The van der Waals surface area contributed by atoms with Crippen LogP contribution in [0.4, 0.5) is 0 Å². The highest BCUT2D eigenvalue weighted by atomic mass is 16.6. The summed E-state index contributed by atoms with van der Waals surface area (Å²) >= 11 is 0. The fourth-order valence-electron chi connectivity index (χ4n) is 1.46. The van der Waals surface area contributed by atoms with Crippen LogP contribution >= 0.6 is 0 Å². The van der Waals surface area contributed by atoms with Crippen molar-refractivity contribution in [3.05, 3.63) is 42.0 Å². The van der Waals surface area contributed by atoms with Crippen molar-refractivity contribution in [1.82, 2.24) is 0 Å². The molecule has 0 aliphatic carbocycles. The highest BCUT2D eigenvalue weighted by Gasteiger charge is 2.11. The van der Waals surface area contributed by atoms with Crippen LogP contribution < -0.4 is 0 Å². The van der Waals surface area contributed by atoms with E-state index in [2.05, 4.69) is 5.16 Å². The number of carbonyl (C=O) groups is 1. The molecule has 19 heavy (non-hydrogen) atoms. The molecular weight excluding hydrogens is 242 g/mol. The van der Waals surface area contributed by atoms with Crippen LogP contribution in [-0.4, -0.2) is 23.4 Å². The highest BCUT2D eigenvalue weighted by Crippen LogP contribution is 2.03. The van der Waals surface area contributed by atoms with Crippen LogP contribution in [0.2, 0.25) is 0 Å². The van der Waals surface area contributed by atoms with Crippen molar-refractivity contribution in [2.75, 3.05) is 6.61 Å². The Balaban J connectivity index is 2.43. The van der Waals surface area contributed by atoms with Crippen LogP contribution in [0.25, 0.3) is 6.08 Å². The molecule has 1 aromatic rings. The van der Waals surface area contributed by atoms with E-state index in [9.17, 15) is 4.79 Å². The van der Waals surface area contributed by atoms with E-state index >= 15 is 0 Å². The molecule has 4 heteroatoms. The Morgan fingerprint density at radius 3 is 2.63 bits per heavy atom. The SMILES string of the molecule is CC(C)C/C(=N/OC/C=C/c1ccccc1)C(=O)O. The molecule has 1 aromatic carbocycles. The first-order chi connectivity index (χ1) is 9.09. The molecule has 0 fully saturated rings. The molecule has 1 N–H and O–H groups in total. The second-order valence-corrected chi connectivity index (χ2v) is 4.55. The van der Waals surface area contributed by atoms with Crippen molar-refractivity contribution in [2.45, 2.75) is 20.3 Å². The van der Waals surface area contributed by atoms with Gasteiger partial charge in [-0.05, 0) is 17.6 Å². The zero-order valence-corrected chi connectivity index (χ0v) is 11.2. The number of hydrogen-bond donors (Lipinski definition) is 1. The van der Waals surface area contributed by atoms with Crippen LogP contribution in [0.15, 0.2) is 41.6 Å². The first kappa shape index (κ1) is 15.0. The molecule has 4 nitrogen and oxygen atoms in total. The zero-order chi connectivity index (χ0) is 14.1. The quantitative estimate of drug-likeness (QED) is 0.466. The standard InChI is InChI=1S/C15H19NO3/c1-12(2)11-14(15(17)18)16-19-10-6-9-13-7-4-3-5-8-13/h3-9,12H,10-11H2,1-2H3,(H,17,18)/b9-6+,16-14-. The Morgan fingerprint density at radius 1 is 1.37 bits per heavy atom. The zero-order valence-electron chi connectivity index (χ0n) is 11.2. The van der Waals surface area contributed by atoms with Gasteiger partial charge in [0.15, 0.2) is 5.71 Å². The number of nitrogens with zero attached hydrogens (tertiary/aromatic N) is 1. The Morgan fingerprint density at radius 2 is 2.05 bits per heavy atom. The fourth-order valence-corrected chi connectivity index (χ4v) is 1.46. The van der Waals surface area contributed by atoms with E-state index in [0.717, 1.165) is 5.56 Å². The molecule has 0 spiro atoms. The predicted molar refractivity (Wildman–Crippen MR) is 76.0 cm³/mol. The molecule has 0 atom stereocenters. The summed E-state index contributed by atoms with van der Waals surface area (Å²) < 4.78 is 0. The van der Waals surface area contributed by atoms with Gasteiger partial charge in [-0.3, -0.25) is 0 Å². The molecular formula is C15H19NO3. The molecule has 0 aromatic heterocycles. The summed E-state index contributed by atoms with van der Waals surface area (Å²) in [5.41, 5.74) is 1.12. The van der Waals surface area contributed by atoms with Crippen molar-refractivity contribution >= 4 is 17.8 Å². The minimum atomic E-state index is -1.03. The smallest absolute Gasteiger partial charge is 0.353 e. The average molecular weight is 261 g/mol. The fraction of sp³-hybridized carbons (Fsp3) is 0.333. The van der Waals surface area contributed by atoms with Gasteiger partial charge in [0, 0.05) is 6.42 Å². The molecule has 1 rings (SSSR count). The second-order valence-electron chi connectivity index (χ2n) is 4.55. The number of rotatable bonds is 7. The maximum Gasteiger partial charge on any atom is 0.353 e. The maximum atomic E-state index is 10.9. The molecule has 0 bridgehead atoms. The third kappa shape index (κ3) is 6.41. The van der Waals surface area contributed by atoms with E-state index < -0.39 is 5.97 Å². The molecule has 0 aliphatic heterocycles. The lowest BCUT2D eigenvalue weighted by molar-refractivity contribution is -0.129. The third-order valence-corrected chi connectivity index (χ3v) is 2.30. The number of oxime groups is 1. The van der Waals surface area contributed by atoms with Crippen LogP contribution in [-0.2, 0) is 9.63 Å². The van der Waals surface area contributed by atoms with E-state index in [0.29, 0.717) is 6.42 Å². The van der Waals surface area contributed by atoms with Gasteiger partial charge in [-0.15, -0.1) is 0 Å². The third-order valence-electron chi connectivity index (χ3n) is 2.30.